The maximum atomic E-state index is 13.3. The number of alkyl halides is 1. The summed E-state index contributed by atoms with van der Waals surface area (Å²) < 4.78 is 15.3. The number of rotatable bonds is 4. The molecule has 5 nitrogen and oxygen atoms in total. The summed E-state index contributed by atoms with van der Waals surface area (Å²) in [5.41, 5.74) is 3.17. The van der Waals surface area contributed by atoms with Gasteiger partial charge in [-0.3, -0.25) is 4.79 Å². The molecule has 3 aromatic rings. The van der Waals surface area contributed by atoms with Crippen molar-refractivity contribution in [3.8, 4) is 0 Å². The lowest BCUT2D eigenvalue weighted by atomic mass is 10.1. The van der Waals surface area contributed by atoms with Crippen molar-refractivity contribution in [2.75, 3.05) is 13.1 Å². The lowest BCUT2D eigenvalue weighted by Crippen LogP contribution is -2.29. The second kappa shape index (κ2) is 6.63. The molecule has 2 aromatic heterocycles. The van der Waals surface area contributed by atoms with E-state index in [-0.39, 0.29) is 12.5 Å². The SMILES string of the molecule is O=C(c1cnc2c(c1)ncn2CCc1ccccc1)N1CC[C@@H](F)C1. The number of carbonyl (C=O) groups is 1. The van der Waals surface area contributed by atoms with Crippen molar-refractivity contribution in [2.24, 2.45) is 0 Å². The van der Waals surface area contributed by atoms with Crippen LogP contribution in [0.15, 0.2) is 48.9 Å². The smallest absolute Gasteiger partial charge is 0.255 e. The van der Waals surface area contributed by atoms with Gasteiger partial charge in [0.05, 0.1) is 18.4 Å². The molecule has 1 amide bonds. The van der Waals surface area contributed by atoms with Gasteiger partial charge in [-0.25, -0.2) is 14.4 Å². The molecule has 0 saturated carbocycles. The van der Waals surface area contributed by atoms with Crippen LogP contribution in [-0.4, -0.2) is 44.6 Å². The molecule has 128 valence electrons. The number of aromatic nitrogens is 3. The molecule has 0 radical (unpaired) electrons. The summed E-state index contributed by atoms with van der Waals surface area (Å²) in [6.45, 7) is 1.41. The van der Waals surface area contributed by atoms with E-state index >= 15 is 0 Å². The summed E-state index contributed by atoms with van der Waals surface area (Å²) in [5.74, 6) is -0.173. The molecule has 4 rings (SSSR count). The van der Waals surface area contributed by atoms with Crippen LogP contribution in [0.4, 0.5) is 4.39 Å². The Bertz CT molecular complexity index is 893. The molecule has 1 aliphatic rings. The first-order valence-corrected chi connectivity index (χ1v) is 8.49. The lowest BCUT2D eigenvalue weighted by Gasteiger charge is -2.14. The number of fused-ring (bicyclic) bond motifs is 1. The van der Waals surface area contributed by atoms with Crippen molar-refractivity contribution in [1.82, 2.24) is 19.4 Å². The van der Waals surface area contributed by atoms with Gasteiger partial charge in [0.2, 0.25) is 0 Å². The third-order valence-electron chi connectivity index (χ3n) is 4.60. The number of halogens is 1. The first-order valence-electron chi connectivity index (χ1n) is 8.49. The van der Waals surface area contributed by atoms with E-state index in [9.17, 15) is 9.18 Å². The van der Waals surface area contributed by atoms with Gasteiger partial charge in [0, 0.05) is 19.3 Å². The summed E-state index contributed by atoms with van der Waals surface area (Å²) in [5, 5.41) is 0. The van der Waals surface area contributed by atoms with Crippen LogP contribution in [0, 0.1) is 0 Å². The summed E-state index contributed by atoms with van der Waals surface area (Å²) in [6, 6.07) is 12.0. The highest BCUT2D eigenvalue weighted by molar-refractivity contribution is 5.96. The monoisotopic (exact) mass is 338 g/mol. The zero-order valence-corrected chi connectivity index (χ0v) is 13.8. The Morgan fingerprint density at radius 1 is 1.24 bits per heavy atom. The topological polar surface area (TPSA) is 51.0 Å². The average molecular weight is 338 g/mol. The molecule has 0 aliphatic carbocycles. The standard InChI is InChI=1S/C19H19FN4O/c20-16-7-9-23(12-16)19(25)15-10-17-18(21-11-15)24(13-22-17)8-6-14-4-2-1-3-5-14/h1-5,10-11,13,16H,6-9,12H2/t16-/m1/s1. The summed E-state index contributed by atoms with van der Waals surface area (Å²) in [4.78, 5) is 22.8. The van der Waals surface area contributed by atoms with Crippen LogP contribution in [0.25, 0.3) is 11.2 Å². The quantitative estimate of drug-likeness (QED) is 0.735. The van der Waals surface area contributed by atoms with Gasteiger partial charge in [-0.1, -0.05) is 30.3 Å². The fourth-order valence-corrected chi connectivity index (χ4v) is 3.21. The zero-order valence-electron chi connectivity index (χ0n) is 13.8. The number of pyridine rings is 1. The number of nitrogens with zero attached hydrogens (tertiary/aromatic N) is 4. The van der Waals surface area contributed by atoms with E-state index in [1.165, 1.54) is 5.56 Å². The van der Waals surface area contributed by atoms with E-state index in [1.54, 1.807) is 23.5 Å². The normalized spacial score (nSPS) is 17.3. The van der Waals surface area contributed by atoms with Gasteiger partial charge >= 0.3 is 0 Å². The summed E-state index contributed by atoms with van der Waals surface area (Å²) >= 11 is 0. The first-order chi connectivity index (χ1) is 12.2. The largest absolute Gasteiger partial charge is 0.336 e. The summed E-state index contributed by atoms with van der Waals surface area (Å²) in [7, 11) is 0. The maximum Gasteiger partial charge on any atom is 0.255 e. The van der Waals surface area contributed by atoms with Gasteiger partial charge < -0.3 is 9.47 Å². The van der Waals surface area contributed by atoms with Crippen LogP contribution >= 0.6 is 0 Å². The first kappa shape index (κ1) is 15.7. The number of benzene rings is 1. The minimum Gasteiger partial charge on any atom is -0.336 e. The van der Waals surface area contributed by atoms with E-state index in [1.807, 2.05) is 22.8 Å². The highest BCUT2D eigenvalue weighted by Gasteiger charge is 2.27. The zero-order chi connectivity index (χ0) is 17.2. The second-order valence-corrected chi connectivity index (χ2v) is 6.38. The summed E-state index contributed by atoms with van der Waals surface area (Å²) in [6.07, 6.45) is 3.70. The number of carbonyl (C=O) groups excluding carboxylic acids is 1. The van der Waals surface area contributed by atoms with Crippen LogP contribution in [0.3, 0.4) is 0 Å². The molecule has 0 bridgehead atoms. The molecule has 0 spiro atoms. The maximum absolute atomic E-state index is 13.3. The Kier molecular flexibility index (Phi) is 4.17. The Labute approximate surface area is 145 Å². The van der Waals surface area contributed by atoms with Gasteiger partial charge in [-0.2, -0.15) is 0 Å². The molecule has 6 heteroatoms. The molecule has 0 N–H and O–H groups in total. The van der Waals surface area contributed by atoms with E-state index in [4.69, 9.17) is 0 Å². The van der Waals surface area contributed by atoms with Crippen LogP contribution in [-0.2, 0) is 13.0 Å². The van der Waals surface area contributed by atoms with Gasteiger partial charge in [0.25, 0.3) is 5.91 Å². The number of imidazole rings is 1. The van der Waals surface area contributed by atoms with Crippen molar-refractivity contribution in [1.29, 1.82) is 0 Å². The molecule has 1 aromatic carbocycles. The molecule has 1 atom stereocenters. The Balaban J connectivity index is 1.51. The van der Waals surface area contributed by atoms with E-state index in [2.05, 4.69) is 22.1 Å². The number of amides is 1. The van der Waals surface area contributed by atoms with Crippen molar-refractivity contribution in [3.05, 3.63) is 60.0 Å². The molecular formula is C19H19FN4O. The molecule has 3 heterocycles. The predicted molar refractivity (Wildman–Crippen MR) is 93.1 cm³/mol. The van der Waals surface area contributed by atoms with E-state index in [0.717, 1.165) is 18.6 Å². The van der Waals surface area contributed by atoms with Crippen molar-refractivity contribution in [2.45, 2.75) is 25.6 Å². The number of aryl methyl sites for hydroxylation is 2. The molecule has 1 aliphatic heterocycles. The Morgan fingerprint density at radius 2 is 2.08 bits per heavy atom. The van der Waals surface area contributed by atoms with Crippen molar-refractivity contribution < 1.29 is 9.18 Å². The second-order valence-electron chi connectivity index (χ2n) is 6.38. The van der Waals surface area contributed by atoms with Crippen molar-refractivity contribution >= 4 is 17.1 Å². The van der Waals surface area contributed by atoms with E-state index < -0.39 is 6.17 Å². The molecule has 25 heavy (non-hydrogen) atoms. The highest BCUT2D eigenvalue weighted by Crippen LogP contribution is 2.18. The lowest BCUT2D eigenvalue weighted by molar-refractivity contribution is 0.0782. The van der Waals surface area contributed by atoms with Gasteiger partial charge in [0.15, 0.2) is 5.65 Å². The third kappa shape index (κ3) is 3.24. The average Bonchev–Trinajstić information content (AvgIpc) is 3.26. The number of hydrogen-bond donors (Lipinski definition) is 0. The molecular weight excluding hydrogens is 319 g/mol. The number of hydrogen-bond acceptors (Lipinski definition) is 3. The fraction of sp³-hybridized carbons (Fsp3) is 0.316. The van der Waals surface area contributed by atoms with Gasteiger partial charge in [-0.15, -0.1) is 0 Å². The van der Waals surface area contributed by atoms with Crippen LogP contribution in [0.5, 0.6) is 0 Å². The van der Waals surface area contributed by atoms with Crippen molar-refractivity contribution in [3.63, 3.8) is 0 Å². The molecule has 1 fully saturated rings. The highest BCUT2D eigenvalue weighted by atomic mass is 19.1. The van der Waals surface area contributed by atoms with Gasteiger partial charge in [-0.05, 0) is 24.5 Å². The van der Waals surface area contributed by atoms with Gasteiger partial charge in [0.1, 0.15) is 11.7 Å². The Morgan fingerprint density at radius 3 is 2.84 bits per heavy atom. The number of likely N-dealkylation sites (tertiary alicyclic amines) is 1. The Hall–Kier alpha value is -2.76. The minimum atomic E-state index is -0.919. The molecule has 0 unspecified atom stereocenters. The predicted octanol–water partition coefficient (Wildman–Crippen LogP) is 2.86. The molecule has 1 saturated heterocycles. The third-order valence-corrected chi connectivity index (χ3v) is 4.60. The van der Waals surface area contributed by atoms with E-state index in [0.29, 0.717) is 24.0 Å². The van der Waals surface area contributed by atoms with Crippen LogP contribution in [0.2, 0.25) is 0 Å². The minimum absolute atomic E-state index is 0.169. The van der Waals surface area contributed by atoms with Crippen LogP contribution in [0.1, 0.15) is 22.3 Å². The fourth-order valence-electron chi connectivity index (χ4n) is 3.21. The van der Waals surface area contributed by atoms with Crippen LogP contribution < -0.4 is 0 Å².